The van der Waals surface area contributed by atoms with E-state index in [1.165, 1.54) is 16.4 Å². The van der Waals surface area contributed by atoms with Crippen molar-refractivity contribution >= 4 is 28.3 Å². The number of rotatable bonds is 5. The average Bonchev–Trinajstić information content (AvgIpc) is 2.56. The number of hydrogen-bond acceptors (Lipinski definition) is 4. The van der Waals surface area contributed by atoms with Crippen molar-refractivity contribution in [3.63, 3.8) is 0 Å². The van der Waals surface area contributed by atoms with Crippen LogP contribution in [0.3, 0.4) is 0 Å². The Morgan fingerprint density at radius 1 is 1.25 bits per heavy atom. The minimum atomic E-state index is -3.52. The van der Waals surface area contributed by atoms with Crippen molar-refractivity contribution in [3.8, 4) is 0 Å². The summed E-state index contributed by atoms with van der Waals surface area (Å²) in [5.74, 6) is -0.0745. The van der Waals surface area contributed by atoms with Crippen molar-refractivity contribution in [2.75, 3.05) is 32.7 Å². The lowest BCUT2D eigenvalue weighted by molar-refractivity contribution is 0.0773. The first kappa shape index (κ1) is 20.9. The van der Waals surface area contributed by atoms with E-state index in [2.05, 4.69) is 5.32 Å². The Kier molecular flexibility index (Phi) is 7.66. The quantitative estimate of drug-likeness (QED) is 0.848. The fraction of sp³-hybridized carbons (Fsp3) is 0.562. The Morgan fingerprint density at radius 3 is 2.33 bits per heavy atom. The van der Waals surface area contributed by atoms with Gasteiger partial charge >= 0.3 is 0 Å². The molecule has 1 unspecified atom stereocenters. The number of hydrogen-bond donors (Lipinski definition) is 1. The molecular weight excluding hydrogens is 350 g/mol. The van der Waals surface area contributed by atoms with Gasteiger partial charge in [0.2, 0.25) is 10.0 Å². The molecule has 24 heavy (non-hydrogen) atoms. The fourth-order valence-corrected chi connectivity index (χ4v) is 4.41. The molecular formula is C16H26ClN3O3S. The van der Waals surface area contributed by atoms with Gasteiger partial charge in [-0.3, -0.25) is 4.79 Å². The minimum absolute atomic E-state index is 0. The molecule has 0 radical (unpaired) electrons. The van der Waals surface area contributed by atoms with E-state index in [4.69, 9.17) is 0 Å². The Hall–Kier alpha value is -1.15. The molecule has 0 aliphatic carbocycles. The SMILES string of the molecule is CCN(CC)C(=O)c1ccc(S(=O)(=O)N2CCNCC2C)cc1.Cl. The number of nitrogens with one attached hydrogen (secondary N) is 1. The summed E-state index contributed by atoms with van der Waals surface area (Å²) in [7, 11) is -3.52. The van der Waals surface area contributed by atoms with Crippen molar-refractivity contribution in [2.45, 2.75) is 31.7 Å². The number of amides is 1. The highest BCUT2D eigenvalue weighted by atomic mass is 35.5. The van der Waals surface area contributed by atoms with E-state index in [-0.39, 0.29) is 29.3 Å². The summed E-state index contributed by atoms with van der Waals surface area (Å²) < 4.78 is 27.0. The van der Waals surface area contributed by atoms with Gasteiger partial charge in [-0.15, -0.1) is 12.4 Å². The van der Waals surface area contributed by atoms with Crippen molar-refractivity contribution < 1.29 is 13.2 Å². The second-order valence-electron chi connectivity index (χ2n) is 5.67. The van der Waals surface area contributed by atoms with Gasteiger partial charge in [0.1, 0.15) is 0 Å². The first-order valence-corrected chi connectivity index (χ1v) is 9.47. The van der Waals surface area contributed by atoms with Gasteiger partial charge in [-0.05, 0) is 45.0 Å². The molecule has 136 valence electrons. The normalized spacial score (nSPS) is 18.7. The van der Waals surface area contributed by atoms with E-state index in [0.717, 1.165) is 0 Å². The highest BCUT2D eigenvalue weighted by Gasteiger charge is 2.30. The van der Waals surface area contributed by atoms with E-state index in [1.54, 1.807) is 17.0 Å². The molecule has 1 aromatic rings. The molecule has 6 nitrogen and oxygen atoms in total. The maximum absolute atomic E-state index is 12.7. The number of carbonyl (C=O) groups is 1. The van der Waals surface area contributed by atoms with Crippen LogP contribution < -0.4 is 5.32 Å². The second-order valence-corrected chi connectivity index (χ2v) is 7.56. The van der Waals surface area contributed by atoms with Gasteiger partial charge < -0.3 is 10.2 Å². The lowest BCUT2D eigenvalue weighted by Crippen LogP contribution is -2.52. The summed E-state index contributed by atoms with van der Waals surface area (Å²) >= 11 is 0. The van der Waals surface area contributed by atoms with Crippen LogP contribution in [-0.4, -0.2) is 62.3 Å². The number of nitrogens with zero attached hydrogens (tertiary/aromatic N) is 2. The van der Waals surface area contributed by atoms with Crippen LogP contribution in [0.2, 0.25) is 0 Å². The molecule has 8 heteroatoms. The number of carbonyl (C=O) groups excluding carboxylic acids is 1. The van der Waals surface area contributed by atoms with Crippen molar-refractivity contribution in [2.24, 2.45) is 0 Å². The fourth-order valence-electron chi connectivity index (χ4n) is 2.78. The molecule has 1 aromatic carbocycles. The smallest absolute Gasteiger partial charge is 0.253 e. The molecule has 1 aliphatic heterocycles. The summed E-state index contributed by atoms with van der Waals surface area (Å²) in [5, 5.41) is 3.18. The van der Waals surface area contributed by atoms with Gasteiger partial charge in [-0.2, -0.15) is 4.31 Å². The van der Waals surface area contributed by atoms with Crippen LogP contribution in [0.4, 0.5) is 0 Å². The summed E-state index contributed by atoms with van der Waals surface area (Å²) in [6, 6.07) is 6.17. The van der Waals surface area contributed by atoms with Gasteiger partial charge in [0.25, 0.3) is 5.91 Å². The highest BCUT2D eigenvalue weighted by molar-refractivity contribution is 7.89. The van der Waals surface area contributed by atoms with E-state index in [0.29, 0.717) is 38.3 Å². The number of sulfonamides is 1. The zero-order chi connectivity index (χ0) is 17.0. The molecule has 0 saturated carbocycles. The summed E-state index contributed by atoms with van der Waals surface area (Å²) in [4.78, 5) is 14.2. The van der Waals surface area contributed by atoms with Crippen LogP contribution in [0.5, 0.6) is 0 Å². The molecule has 1 amide bonds. The van der Waals surface area contributed by atoms with Crippen LogP contribution >= 0.6 is 12.4 Å². The third-order valence-corrected chi connectivity index (χ3v) is 6.23. The summed E-state index contributed by atoms with van der Waals surface area (Å²) in [5.41, 5.74) is 0.515. The van der Waals surface area contributed by atoms with Gasteiger partial charge in [0.15, 0.2) is 0 Å². The van der Waals surface area contributed by atoms with Crippen LogP contribution in [-0.2, 0) is 10.0 Å². The standard InChI is InChI=1S/C16H25N3O3S.ClH/c1-4-18(5-2)16(20)14-6-8-15(9-7-14)23(21,22)19-11-10-17-12-13(19)3;/h6-9,13,17H,4-5,10-12H2,1-3H3;1H. The summed E-state index contributed by atoms with van der Waals surface area (Å²) in [6.07, 6.45) is 0. The van der Waals surface area contributed by atoms with E-state index < -0.39 is 10.0 Å². The van der Waals surface area contributed by atoms with Crippen LogP contribution in [0.15, 0.2) is 29.2 Å². The number of piperazine rings is 1. The monoisotopic (exact) mass is 375 g/mol. The molecule has 0 bridgehead atoms. The van der Waals surface area contributed by atoms with E-state index >= 15 is 0 Å². The third kappa shape index (κ3) is 4.27. The Labute approximate surface area is 150 Å². The predicted octanol–water partition coefficient (Wildman–Crippen LogP) is 1.57. The maximum atomic E-state index is 12.7. The van der Waals surface area contributed by atoms with Crippen molar-refractivity contribution in [1.82, 2.24) is 14.5 Å². The van der Waals surface area contributed by atoms with Crippen molar-refractivity contribution in [3.05, 3.63) is 29.8 Å². The molecule has 1 atom stereocenters. The van der Waals surface area contributed by atoms with Gasteiger partial charge in [0, 0.05) is 44.3 Å². The van der Waals surface area contributed by atoms with E-state index in [1.807, 2.05) is 20.8 Å². The largest absolute Gasteiger partial charge is 0.339 e. The predicted molar refractivity (Wildman–Crippen MR) is 97.2 cm³/mol. The van der Waals surface area contributed by atoms with Gasteiger partial charge in [-0.1, -0.05) is 0 Å². The van der Waals surface area contributed by atoms with Crippen LogP contribution in [0.1, 0.15) is 31.1 Å². The Bertz CT molecular complexity index is 645. The number of halogens is 1. The van der Waals surface area contributed by atoms with E-state index in [9.17, 15) is 13.2 Å². The minimum Gasteiger partial charge on any atom is -0.339 e. The molecule has 1 N–H and O–H groups in total. The molecule has 2 rings (SSSR count). The number of benzene rings is 1. The molecule has 0 aromatic heterocycles. The second kappa shape index (κ2) is 8.80. The zero-order valence-electron chi connectivity index (χ0n) is 14.4. The maximum Gasteiger partial charge on any atom is 0.253 e. The van der Waals surface area contributed by atoms with Crippen molar-refractivity contribution in [1.29, 1.82) is 0 Å². The average molecular weight is 376 g/mol. The van der Waals surface area contributed by atoms with Gasteiger partial charge in [0.05, 0.1) is 4.90 Å². The zero-order valence-corrected chi connectivity index (χ0v) is 16.0. The van der Waals surface area contributed by atoms with Gasteiger partial charge in [-0.25, -0.2) is 8.42 Å². The summed E-state index contributed by atoms with van der Waals surface area (Å²) in [6.45, 7) is 8.77. The first-order chi connectivity index (χ1) is 10.9. The lowest BCUT2D eigenvalue weighted by Gasteiger charge is -2.32. The highest BCUT2D eigenvalue weighted by Crippen LogP contribution is 2.20. The third-order valence-electron chi connectivity index (χ3n) is 4.20. The Balaban J connectivity index is 0.00000288. The Morgan fingerprint density at radius 2 is 1.83 bits per heavy atom. The molecule has 1 aliphatic rings. The topological polar surface area (TPSA) is 69.7 Å². The molecule has 0 spiro atoms. The first-order valence-electron chi connectivity index (χ1n) is 8.03. The lowest BCUT2D eigenvalue weighted by atomic mass is 10.2. The molecule has 1 saturated heterocycles. The van der Waals surface area contributed by atoms with Crippen LogP contribution in [0.25, 0.3) is 0 Å². The molecule has 1 heterocycles. The molecule has 1 fully saturated rings. The van der Waals surface area contributed by atoms with Crippen LogP contribution in [0, 0.1) is 0 Å².